The van der Waals surface area contributed by atoms with Gasteiger partial charge in [-0.25, -0.2) is 0 Å². The smallest absolute Gasteiger partial charge is 0.191 e. The van der Waals surface area contributed by atoms with Gasteiger partial charge in [-0.2, -0.15) is 5.10 Å². The van der Waals surface area contributed by atoms with Crippen molar-refractivity contribution in [2.24, 2.45) is 10.9 Å². The Bertz CT molecular complexity index is 944. The van der Waals surface area contributed by atoms with Crippen molar-refractivity contribution in [2.45, 2.75) is 40.8 Å². The first-order valence-corrected chi connectivity index (χ1v) is 9.40. The third-order valence-corrected chi connectivity index (χ3v) is 4.79. The van der Waals surface area contributed by atoms with Crippen LogP contribution in [0.3, 0.4) is 0 Å². The molecule has 28 heavy (non-hydrogen) atoms. The van der Waals surface area contributed by atoms with E-state index in [0.29, 0.717) is 12.5 Å². The average molecular weight is 495 g/mol. The van der Waals surface area contributed by atoms with Crippen LogP contribution in [0.25, 0.3) is 11.0 Å². The molecule has 2 aromatic heterocycles. The molecule has 1 aromatic carbocycles. The van der Waals surface area contributed by atoms with E-state index >= 15 is 0 Å². The molecule has 152 valence electrons. The lowest BCUT2D eigenvalue weighted by Gasteiger charge is -2.16. The van der Waals surface area contributed by atoms with E-state index in [1.807, 2.05) is 25.1 Å². The van der Waals surface area contributed by atoms with Crippen LogP contribution in [-0.4, -0.2) is 29.3 Å². The monoisotopic (exact) mass is 495 g/mol. The van der Waals surface area contributed by atoms with Crippen LogP contribution < -0.4 is 10.6 Å². The van der Waals surface area contributed by atoms with Crippen LogP contribution in [0.15, 0.2) is 39.7 Å². The highest BCUT2D eigenvalue weighted by Crippen LogP contribution is 2.24. The van der Waals surface area contributed by atoms with E-state index in [2.05, 4.69) is 58.3 Å². The van der Waals surface area contributed by atoms with Crippen LogP contribution in [0.4, 0.5) is 0 Å². The summed E-state index contributed by atoms with van der Waals surface area (Å²) in [6, 6.07) is 10.2. The number of para-hydroxylation sites is 1. The predicted octanol–water partition coefficient (Wildman–Crippen LogP) is 4.17. The fourth-order valence-electron chi connectivity index (χ4n) is 3.27. The Morgan fingerprint density at radius 2 is 1.96 bits per heavy atom. The Labute approximate surface area is 183 Å². The second-order valence-electron chi connectivity index (χ2n) is 7.17. The van der Waals surface area contributed by atoms with Gasteiger partial charge in [0, 0.05) is 36.8 Å². The summed E-state index contributed by atoms with van der Waals surface area (Å²) in [4.78, 5) is 4.32. The number of halogens is 1. The summed E-state index contributed by atoms with van der Waals surface area (Å²) in [5.74, 6) is 2.14. The number of aromatic nitrogens is 2. The Morgan fingerprint density at radius 3 is 2.61 bits per heavy atom. The summed E-state index contributed by atoms with van der Waals surface area (Å²) in [5, 5.41) is 12.4. The Balaban J connectivity index is 0.00000280. The van der Waals surface area contributed by atoms with Crippen LogP contribution in [0.5, 0.6) is 0 Å². The van der Waals surface area contributed by atoms with Gasteiger partial charge in [0.15, 0.2) is 5.96 Å². The standard InChI is InChI=1S/C21H29N5O.HI/c1-14(13-26-16(3)10-15(2)25-26)11-23-21(22-5)24-12-20-17(4)18-8-6-7-9-19(18)27-20;/h6-10,14H,11-13H2,1-5H3,(H2,22,23,24);1H. The number of nitrogens with one attached hydrogen (secondary N) is 2. The minimum Gasteiger partial charge on any atom is -0.459 e. The number of furan rings is 1. The molecule has 0 aliphatic rings. The van der Waals surface area contributed by atoms with Crippen LogP contribution >= 0.6 is 24.0 Å². The Kier molecular flexibility index (Phi) is 7.91. The molecule has 0 saturated carbocycles. The number of hydrogen-bond acceptors (Lipinski definition) is 3. The third kappa shape index (κ3) is 5.27. The highest BCUT2D eigenvalue weighted by Gasteiger charge is 2.11. The Hall–Kier alpha value is -2.03. The van der Waals surface area contributed by atoms with Gasteiger partial charge in [0.05, 0.1) is 12.2 Å². The van der Waals surface area contributed by atoms with Gasteiger partial charge in [-0.1, -0.05) is 25.1 Å². The molecule has 6 nitrogen and oxygen atoms in total. The van der Waals surface area contributed by atoms with Crippen molar-refractivity contribution in [3.05, 3.63) is 53.0 Å². The number of hydrogen-bond donors (Lipinski definition) is 2. The van der Waals surface area contributed by atoms with E-state index in [1.54, 1.807) is 7.05 Å². The summed E-state index contributed by atoms with van der Waals surface area (Å²) in [6.45, 7) is 10.7. The average Bonchev–Trinajstić information content (AvgIpc) is 3.14. The molecule has 0 fully saturated rings. The minimum atomic E-state index is 0. The molecule has 0 aliphatic heterocycles. The van der Waals surface area contributed by atoms with Crippen LogP contribution in [-0.2, 0) is 13.1 Å². The van der Waals surface area contributed by atoms with Crippen LogP contribution in [0.2, 0.25) is 0 Å². The van der Waals surface area contributed by atoms with E-state index in [0.717, 1.165) is 41.5 Å². The molecular formula is C21H30IN5O. The topological polar surface area (TPSA) is 67.4 Å². The summed E-state index contributed by atoms with van der Waals surface area (Å²) >= 11 is 0. The van der Waals surface area contributed by atoms with Gasteiger partial charge in [-0.3, -0.25) is 9.67 Å². The maximum atomic E-state index is 5.96. The molecule has 3 aromatic rings. The van der Waals surface area contributed by atoms with Crippen molar-refractivity contribution in [1.82, 2.24) is 20.4 Å². The molecule has 0 amide bonds. The third-order valence-electron chi connectivity index (χ3n) is 4.79. The van der Waals surface area contributed by atoms with Gasteiger partial charge < -0.3 is 15.1 Å². The van der Waals surface area contributed by atoms with Gasteiger partial charge >= 0.3 is 0 Å². The zero-order chi connectivity index (χ0) is 19.4. The molecule has 2 heterocycles. The number of fused-ring (bicyclic) bond motifs is 1. The molecule has 0 saturated heterocycles. The normalized spacial score (nSPS) is 12.7. The second kappa shape index (κ2) is 9.95. The van der Waals surface area contributed by atoms with Gasteiger partial charge in [0.2, 0.25) is 0 Å². The SMILES string of the molecule is CN=C(NCc1oc2ccccc2c1C)NCC(C)Cn1nc(C)cc1C.I. The molecule has 1 unspecified atom stereocenters. The van der Waals surface area contributed by atoms with E-state index in [9.17, 15) is 0 Å². The van der Waals surface area contributed by atoms with Crippen molar-refractivity contribution in [3.63, 3.8) is 0 Å². The van der Waals surface area contributed by atoms with Crippen molar-refractivity contribution < 1.29 is 4.42 Å². The molecule has 1 atom stereocenters. The molecule has 3 rings (SSSR count). The molecule has 2 N–H and O–H groups in total. The van der Waals surface area contributed by atoms with E-state index in [-0.39, 0.29) is 24.0 Å². The predicted molar refractivity (Wildman–Crippen MR) is 125 cm³/mol. The maximum absolute atomic E-state index is 5.96. The summed E-state index contributed by atoms with van der Waals surface area (Å²) in [7, 11) is 1.78. The first-order chi connectivity index (χ1) is 13.0. The van der Waals surface area contributed by atoms with Crippen LogP contribution in [0.1, 0.15) is 29.6 Å². The van der Waals surface area contributed by atoms with Crippen molar-refractivity contribution in [2.75, 3.05) is 13.6 Å². The number of rotatable bonds is 6. The van der Waals surface area contributed by atoms with Crippen molar-refractivity contribution in [3.8, 4) is 0 Å². The molecule has 7 heteroatoms. The molecule has 0 aliphatic carbocycles. The van der Waals surface area contributed by atoms with Gasteiger partial charge in [-0.05, 0) is 38.8 Å². The zero-order valence-electron chi connectivity index (χ0n) is 17.2. The van der Waals surface area contributed by atoms with Crippen molar-refractivity contribution >= 4 is 40.9 Å². The molecule has 0 spiro atoms. The number of benzene rings is 1. The Morgan fingerprint density at radius 1 is 1.21 bits per heavy atom. The molecule has 0 radical (unpaired) electrons. The largest absolute Gasteiger partial charge is 0.459 e. The number of nitrogens with zero attached hydrogens (tertiary/aromatic N) is 3. The summed E-state index contributed by atoms with van der Waals surface area (Å²) < 4.78 is 8.02. The van der Waals surface area contributed by atoms with Crippen molar-refractivity contribution in [1.29, 1.82) is 0 Å². The number of aryl methyl sites for hydroxylation is 3. The van der Waals surface area contributed by atoms with Gasteiger partial charge in [0.25, 0.3) is 0 Å². The second-order valence-corrected chi connectivity index (χ2v) is 7.17. The fraction of sp³-hybridized carbons (Fsp3) is 0.429. The summed E-state index contributed by atoms with van der Waals surface area (Å²) in [5.41, 5.74) is 4.35. The van der Waals surface area contributed by atoms with Gasteiger partial charge in [-0.15, -0.1) is 24.0 Å². The number of guanidine groups is 1. The first kappa shape index (κ1) is 22.3. The lowest BCUT2D eigenvalue weighted by molar-refractivity contribution is 0.435. The van der Waals surface area contributed by atoms with E-state index in [1.165, 1.54) is 11.3 Å². The molecule has 0 bridgehead atoms. The lowest BCUT2D eigenvalue weighted by Crippen LogP contribution is -2.39. The van der Waals surface area contributed by atoms with Gasteiger partial charge in [0.1, 0.15) is 11.3 Å². The fourth-order valence-corrected chi connectivity index (χ4v) is 3.27. The van der Waals surface area contributed by atoms with Crippen LogP contribution in [0, 0.1) is 26.7 Å². The minimum absolute atomic E-state index is 0. The number of aliphatic imine (C=N–C) groups is 1. The maximum Gasteiger partial charge on any atom is 0.191 e. The molecular weight excluding hydrogens is 465 g/mol. The lowest BCUT2D eigenvalue weighted by atomic mass is 10.1. The first-order valence-electron chi connectivity index (χ1n) is 9.40. The zero-order valence-corrected chi connectivity index (χ0v) is 19.6. The van der Waals surface area contributed by atoms with E-state index in [4.69, 9.17) is 4.42 Å². The summed E-state index contributed by atoms with van der Waals surface area (Å²) in [6.07, 6.45) is 0. The highest BCUT2D eigenvalue weighted by molar-refractivity contribution is 14.0. The highest BCUT2D eigenvalue weighted by atomic mass is 127. The van der Waals surface area contributed by atoms with E-state index < -0.39 is 0 Å². The quantitative estimate of drug-likeness (QED) is 0.306.